The summed E-state index contributed by atoms with van der Waals surface area (Å²) in [5.41, 5.74) is 2.70. The van der Waals surface area contributed by atoms with Gasteiger partial charge in [-0.1, -0.05) is 115 Å². The van der Waals surface area contributed by atoms with Crippen molar-refractivity contribution in [2.24, 2.45) is 0 Å². The van der Waals surface area contributed by atoms with Gasteiger partial charge in [0.05, 0.1) is 12.3 Å². The first-order valence-electron chi connectivity index (χ1n) is 16.5. The van der Waals surface area contributed by atoms with Crippen LogP contribution in [0.15, 0.2) is 133 Å². The first-order chi connectivity index (χ1) is 22.1. The highest BCUT2D eigenvalue weighted by Crippen LogP contribution is 2.51. The van der Waals surface area contributed by atoms with E-state index in [-0.39, 0.29) is 57.1 Å². The lowest BCUT2D eigenvalue weighted by Gasteiger charge is -2.24. The van der Waals surface area contributed by atoms with Gasteiger partial charge < -0.3 is 4.74 Å². The summed E-state index contributed by atoms with van der Waals surface area (Å²) >= 11 is 0. The molecule has 8 rings (SSSR count). The minimum atomic E-state index is -0.538. The lowest BCUT2D eigenvalue weighted by atomic mass is 9.83. The van der Waals surface area contributed by atoms with Crippen molar-refractivity contribution < 1.29 is 17.1 Å². The largest absolute Gasteiger partial charge is 0.456 e. The van der Waals surface area contributed by atoms with Crippen molar-refractivity contribution in [1.82, 2.24) is 0 Å². The predicted octanol–water partition coefficient (Wildman–Crippen LogP) is 10.3. The molecule has 7 aromatic carbocycles. The molecule has 0 unspecified atom stereocenters. The molecule has 0 bridgehead atoms. The highest BCUT2D eigenvalue weighted by Gasteiger charge is 2.23. The molecule has 0 aromatic heterocycles. The van der Waals surface area contributed by atoms with Crippen molar-refractivity contribution in [3.05, 3.63) is 133 Å². The van der Waals surface area contributed by atoms with E-state index in [9.17, 15) is 2.74 Å². The molecule has 0 saturated heterocycles. The number of ether oxygens (including phenoxy) is 1. The Hall–Kier alpha value is -4.88. The van der Waals surface area contributed by atoms with Crippen LogP contribution < -0.4 is 4.74 Å². The molecule has 1 nitrogen and oxygen atoms in total. The minimum absolute atomic E-state index is 0.0106. The molecule has 172 valence electrons. The molecule has 0 spiro atoms. The van der Waals surface area contributed by atoms with E-state index < -0.39 is 36.3 Å². The van der Waals surface area contributed by atoms with Gasteiger partial charge in [0.15, 0.2) is 0 Å². The van der Waals surface area contributed by atoms with E-state index in [1.165, 1.54) is 0 Å². The van der Waals surface area contributed by atoms with Crippen LogP contribution in [0, 0.1) is 0 Å². The normalized spacial score (nSPS) is 15.4. The van der Waals surface area contributed by atoms with Gasteiger partial charge in [-0.15, -0.1) is 0 Å². The van der Waals surface area contributed by atoms with E-state index in [0.29, 0.717) is 5.56 Å². The van der Waals surface area contributed by atoms with Gasteiger partial charge in [-0.3, -0.25) is 0 Å². The molecular formula is C36H22O. The molecule has 0 radical (unpaired) electrons. The van der Waals surface area contributed by atoms with Crippen LogP contribution in [-0.2, 0) is 0 Å². The molecule has 1 aliphatic rings. The van der Waals surface area contributed by atoms with Gasteiger partial charge in [0, 0.05) is 10.9 Å². The fourth-order valence-corrected chi connectivity index (χ4v) is 5.49. The van der Waals surface area contributed by atoms with Gasteiger partial charge in [0.1, 0.15) is 11.5 Å². The summed E-state index contributed by atoms with van der Waals surface area (Å²) in [4.78, 5) is 0. The Labute approximate surface area is 227 Å². The summed E-state index contributed by atoms with van der Waals surface area (Å²) in [6.07, 6.45) is 0. The van der Waals surface area contributed by atoms with Crippen molar-refractivity contribution in [1.29, 1.82) is 0 Å². The third kappa shape index (κ3) is 2.92. The zero-order valence-corrected chi connectivity index (χ0v) is 19.4. The Kier molecular flexibility index (Phi) is 2.84. The fourth-order valence-electron chi connectivity index (χ4n) is 5.49. The fraction of sp³-hybridized carbons (Fsp3) is 0. The highest BCUT2D eigenvalue weighted by atomic mass is 16.5. The summed E-state index contributed by atoms with van der Waals surface area (Å²) in [5.74, 6) is -0.443. The molecule has 1 aliphatic heterocycles. The van der Waals surface area contributed by atoms with Gasteiger partial charge in [0.25, 0.3) is 0 Å². The van der Waals surface area contributed by atoms with E-state index in [4.69, 9.17) is 14.3 Å². The number of benzene rings is 7. The highest BCUT2D eigenvalue weighted by molar-refractivity contribution is 6.24. The van der Waals surface area contributed by atoms with Crippen LogP contribution in [0.4, 0.5) is 0 Å². The lowest BCUT2D eigenvalue weighted by Crippen LogP contribution is -1.98. The zero-order chi connectivity index (χ0) is 32.2. The molecule has 0 fully saturated rings. The molecule has 0 saturated carbocycles. The number of hydrogen-bond acceptors (Lipinski definition) is 1. The van der Waals surface area contributed by atoms with E-state index in [1.807, 2.05) is 78.9 Å². The van der Waals surface area contributed by atoms with E-state index in [1.54, 1.807) is 0 Å². The number of hydrogen-bond donors (Lipinski definition) is 0. The molecule has 0 aliphatic carbocycles. The second-order valence-electron chi connectivity index (χ2n) is 8.97. The third-order valence-corrected chi connectivity index (χ3v) is 7.00. The van der Waals surface area contributed by atoms with Crippen LogP contribution in [0.3, 0.4) is 0 Å². The van der Waals surface area contributed by atoms with Gasteiger partial charge in [-0.2, -0.15) is 0 Å². The van der Waals surface area contributed by atoms with Gasteiger partial charge >= 0.3 is 0 Å². The maximum atomic E-state index is 9.39. The zero-order valence-electron chi connectivity index (χ0n) is 28.4. The third-order valence-electron chi connectivity index (χ3n) is 7.00. The maximum absolute atomic E-state index is 9.39. The summed E-state index contributed by atoms with van der Waals surface area (Å²) in [6.45, 7) is 0. The van der Waals surface area contributed by atoms with Gasteiger partial charge in [0.2, 0.25) is 0 Å². The smallest absolute Gasteiger partial charge is 0.135 e. The Morgan fingerprint density at radius 3 is 1.78 bits per heavy atom. The Morgan fingerprint density at radius 2 is 1.05 bits per heavy atom. The first-order valence-corrected chi connectivity index (χ1v) is 12.0. The second kappa shape index (κ2) is 7.81. The van der Waals surface area contributed by atoms with Crippen molar-refractivity contribution in [2.45, 2.75) is 0 Å². The van der Waals surface area contributed by atoms with Crippen molar-refractivity contribution in [3.8, 4) is 44.9 Å². The van der Waals surface area contributed by atoms with Gasteiger partial charge in [-0.05, 0) is 72.9 Å². The van der Waals surface area contributed by atoms with Crippen LogP contribution in [0.5, 0.6) is 11.5 Å². The Morgan fingerprint density at radius 1 is 0.432 bits per heavy atom. The molecular weight excluding hydrogens is 448 g/mol. The number of rotatable bonds is 2. The van der Waals surface area contributed by atoms with Crippen LogP contribution in [0.2, 0.25) is 0 Å². The molecule has 7 aromatic rings. The van der Waals surface area contributed by atoms with Crippen LogP contribution in [0.1, 0.15) is 12.3 Å². The van der Waals surface area contributed by atoms with E-state index >= 15 is 0 Å². The molecule has 0 N–H and O–H groups in total. The van der Waals surface area contributed by atoms with Gasteiger partial charge in [-0.25, -0.2) is 0 Å². The lowest BCUT2D eigenvalue weighted by molar-refractivity contribution is 0.487. The van der Waals surface area contributed by atoms with Crippen LogP contribution in [-0.4, -0.2) is 0 Å². The van der Waals surface area contributed by atoms with Crippen molar-refractivity contribution in [2.75, 3.05) is 0 Å². The predicted molar refractivity (Wildman–Crippen MR) is 155 cm³/mol. The van der Waals surface area contributed by atoms with Crippen LogP contribution in [0.25, 0.3) is 65.7 Å². The minimum Gasteiger partial charge on any atom is -0.456 e. The molecule has 1 heteroatoms. The summed E-state index contributed by atoms with van der Waals surface area (Å²) in [7, 11) is 0. The van der Waals surface area contributed by atoms with Crippen LogP contribution >= 0.6 is 0 Å². The maximum Gasteiger partial charge on any atom is 0.135 e. The molecule has 1 heterocycles. The number of fused-ring (bicyclic) bond motifs is 4. The topological polar surface area (TPSA) is 9.23 Å². The second-order valence-corrected chi connectivity index (χ2v) is 8.97. The van der Waals surface area contributed by atoms with Crippen molar-refractivity contribution >= 4 is 32.3 Å². The SMILES string of the molecule is [2H]c1c([2H])c([2H])c2c(c1[2H])Oc1c([2H])c([2H])c(-c3c4ccccc4c(-c4ccccc4)c4ccccc34)c3c([2H])c([2H])c([2H])c-2c13. The standard InChI is InChI=1S/C36H22O/c1-2-11-23(12-3-1)34-26-14-4-6-16-28(26)35(29-17-7-5-15-27(29)34)31-21-22-33-36-25(18-10-19-30(31)36)24-13-8-9-20-32(24)37-33/h1-22H/i8D,9D,10D,13D,18D,19D,20D,21D,22D. The Balaban J connectivity index is 1.63. The first kappa shape index (κ1) is 13.4. The van der Waals surface area contributed by atoms with E-state index in [0.717, 1.165) is 32.7 Å². The molecule has 0 amide bonds. The quantitative estimate of drug-likeness (QED) is 0.224. The monoisotopic (exact) mass is 479 g/mol. The summed E-state index contributed by atoms with van der Waals surface area (Å²) in [5, 5.41) is 3.55. The summed E-state index contributed by atoms with van der Waals surface area (Å²) in [6, 6.07) is 21.7. The average Bonchev–Trinajstić information content (AvgIpc) is 3.08. The van der Waals surface area contributed by atoms with E-state index in [2.05, 4.69) is 0 Å². The number of para-hydroxylation sites is 1. The van der Waals surface area contributed by atoms with Crippen molar-refractivity contribution in [3.63, 3.8) is 0 Å². The summed E-state index contributed by atoms with van der Waals surface area (Å²) < 4.78 is 85.3. The Bertz CT molecular complexity index is 2430. The average molecular weight is 480 g/mol. The molecule has 0 atom stereocenters. The molecule has 37 heavy (non-hydrogen) atoms.